The number of H-pyrrole nitrogens is 1. The van der Waals surface area contributed by atoms with E-state index in [1.165, 1.54) is 0 Å². The molecule has 0 radical (unpaired) electrons. The molecule has 1 amide bonds. The van der Waals surface area contributed by atoms with Crippen LogP contribution in [0.3, 0.4) is 0 Å². The molecule has 0 spiro atoms. The van der Waals surface area contributed by atoms with E-state index >= 15 is 0 Å². The molecule has 4 aromatic rings. The first kappa shape index (κ1) is 20.4. The molecular weight excluding hydrogens is 418 g/mol. The maximum Gasteiger partial charge on any atom is 0.307 e. The molecule has 0 bridgehead atoms. The molecule has 154 valence electrons. The van der Waals surface area contributed by atoms with Gasteiger partial charge in [-0.05, 0) is 30.2 Å². The highest BCUT2D eigenvalue weighted by Crippen LogP contribution is 2.34. The Labute approximate surface area is 183 Å². The molecule has 0 saturated carbocycles. The summed E-state index contributed by atoms with van der Waals surface area (Å²) in [5, 5.41) is 6.63. The molecule has 0 saturated heterocycles. The van der Waals surface area contributed by atoms with Crippen LogP contribution in [0.5, 0.6) is 0 Å². The van der Waals surface area contributed by atoms with E-state index in [9.17, 15) is 9.59 Å². The van der Waals surface area contributed by atoms with Gasteiger partial charge in [-0.15, -0.1) is 0 Å². The summed E-state index contributed by atoms with van der Waals surface area (Å²) in [7, 11) is 0. The van der Waals surface area contributed by atoms with Gasteiger partial charge in [0.05, 0.1) is 0 Å². The predicted octanol–water partition coefficient (Wildman–Crippen LogP) is 4.69. The van der Waals surface area contributed by atoms with E-state index in [1.54, 1.807) is 4.57 Å². The van der Waals surface area contributed by atoms with Crippen LogP contribution in [-0.2, 0) is 11.3 Å². The van der Waals surface area contributed by atoms with Gasteiger partial charge in [0.25, 0.3) is 0 Å². The number of halogens is 1. The Balaban J connectivity index is 1.54. The molecule has 4 rings (SSSR count). The van der Waals surface area contributed by atoms with E-state index < -0.39 is 0 Å². The van der Waals surface area contributed by atoms with E-state index in [-0.39, 0.29) is 23.1 Å². The molecule has 0 fully saturated rings. The second-order valence-corrected chi connectivity index (χ2v) is 8.44. The Morgan fingerprint density at radius 2 is 1.93 bits per heavy atom. The van der Waals surface area contributed by atoms with E-state index in [0.717, 1.165) is 39.1 Å². The molecule has 2 N–H and O–H groups in total. The summed E-state index contributed by atoms with van der Waals surface area (Å²) in [6.45, 7) is 2.67. The highest BCUT2D eigenvalue weighted by molar-refractivity contribution is 7.07. The minimum absolute atomic E-state index is 0.0342. The van der Waals surface area contributed by atoms with Crippen molar-refractivity contribution in [1.29, 1.82) is 0 Å². The van der Waals surface area contributed by atoms with Gasteiger partial charge < -0.3 is 14.9 Å². The summed E-state index contributed by atoms with van der Waals surface area (Å²) in [5.41, 5.74) is 3.98. The second kappa shape index (κ2) is 8.90. The maximum absolute atomic E-state index is 12.6. The molecule has 2 aromatic heterocycles. The van der Waals surface area contributed by atoms with Crippen LogP contribution in [0.15, 0.2) is 64.9 Å². The summed E-state index contributed by atoms with van der Waals surface area (Å²) < 4.78 is 1.63. The number of benzene rings is 2. The van der Waals surface area contributed by atoms with Gasteiger partial charge >= 0.3 is 4.87 Å². The average molecular weight is 440 g/mol. The molecule has 30 heavy (non-hydrogen) atoms. The van der Waals surface area contributed by atoms with Crippen molar-refractivity contribution < 1.29 is 4.79 Å². The van der Waals surface area contributed by atoms with Crippen molar-refractivity contribution in [3.05, 3.63) is 91.6 Å². The third kappa shape index (κ3) is 4.20. The van der Waals surface area contributed by atoms with Gasteiger partial charge in [-0.25, -0.2) is 0 Å². The largest absolute Gasteiger partial charge is 0.361 e. The van der Waals surface area contributed by atoms with Gasteiger partial charge in [-0.1, -0.05) is 59.3 Å². The quantitative estimate of drug-likeness (QED) is 0.438. The van der Waals surface area contributed by atoms with Gasteiger partial charge in [-0.3, -0.25) is 9.59 Å². The number of amides is 1. The molecule has 2 aromatic carbocycles. The van der Waals surface area contributed by atoms with E-state index in [0.29, 0.717) is 18.1 Å². The maximum atomic E-state index is 12.6. The van der Waals surface area contributed by atoms with E-state index in [4.69, 9.17) is 11.6 Å². The monoisotopic (exact) mass is 439 g/mol. The van der Waals surface area contributed by atoms with Crippen LogP contribution >= 0.6 is 22.9 Å². The van der Waals surface area contributed by atoms with Gasteiger partial charge in [0, 0.05) is 58.6 Å². The number of aryl methyl sites for hydroxylation is 1. The Morgan fingerprint density at radius 3 is 2.70 bits per heavy atom. The van der Waals surface area contributed by atoms with Crippen LogP contribution in [0.4, 0.5) is 0 Å². The molecule has 1 unspecified atom stereocenters. The van der Waals surface area contributed by atoms with Crippen molar-refractivity contribution in [3.8, 4) is 0 Å². The average Bonchev–Trinajstić information content (AvgIpc) is 3.31. The van der Waals surface area contributed by atoms with Crippen molar-refractivity contribution in [3.63, 3.8) is 0 Å². The summed E-state index contributed by atoms with van der Waals surface area (Å²) in [5.74, 6) is -0.186. The number of aromatic nitrogens is 2. The first-order valence-electron chi connectivity index (χ1n) is 9.76. The van der Waals surface area contributed by atoms with Crippen LogP contribution in [0.25, 0.3) is 10.9 Å². The van der Waals surface area contributed by atoms with Gasteiger partial charge in [0.15, 0.2) is 0 Å². The number of carbonyl (C=O) groups is 1. The minimum atomic E-state index is -0.0932. The zero-order valence-corrected chi connectivity index (χ0v) is 18.1. The molecule has 5 nitrogen and oxygen atoms in total. The summed E-state index contributed by atoms with van der Waals surface area (Å²) in [6.07, 6.45) is 2.24. The third-order valence-corrected chi connectivity index (χ3v) is 6.54. The lowest BCUT2D eigenvalue weighted by Crippen LogP contribution is -2.30. The number of fused-ring (bicyclic) bond motifs is 1. The number of carbonyl (C=O) groups excluding carboxylic acids is 1. The zero-order valence-electron chi connectivity index (χ0n) is 16.5. The number of hydrogen-bond donors (Lipinski definition) is 2. The molecular formula is C23H22ClN3O2S. The van der Waals surface area contributed by atoms with Gasteiger partial charge in [0.1, 0.15) is 0 Å². The SMILES string of the molecule is Cc1csc(=O)n1CCC(=O)NCC(c1ccccc1Cl)c1c[nH]c2ccccc12. The van der Waals surface area contributed by atoms with Crippen LogP contribution < -0.4 is 10.2 Å². The van der Waals surface area contributed by atoms with Crippen LogP contribution in [0.1, 0.15) is 29.2 Å². The van der Waals surface area contributed by atoms with Crippen LogP contribution in [0.2, 0.25) is 5.02 Å². The fourth-order valence-electron chi connectivity index (χ4n) is 3.72. The molecule has 0 aliphatic rings. The highest BCUT2D eigenvalue weighted by Gasteiger charge is 2.21. The van der Waals surface area contributed by atoms with Crippen molar-refractivity contribution >= 4 is 39.7 Å². The van der Waals surface area contributed by atoms with Crippen LogP contribution in [0, 0.1) is 6.92 Å². The number of hydrogen-bond acceptors (Lipinski definition) is 3. The number of nitrogens with one attached hydrogen (secondary N) is 2. The summed E-state index contributed by atoms with van der Waals surface area (Å²) in [6, 6.07) is 15.8. The van der Waals surface area contributed by atoms with Crippen LogP contribution in [-0.4, -0.2) is 22.0 Å². The van der Waals surface area contributed by atoms with Crippen molar-refractivity contribution in [2.75, 3.05) is 6.54 Å². The number of rotatable bonds is 7. The first-order chi connectivity index (χ1) is 14.5. The number of thiazole rings is 1. The predicted molar refractivity (Wildman–Crippen MR) is 123 cm³/mol. The highest BCUT2D eigenvalue weighted by atomic mass is 35.5. The standard InChI is InChI=1S/C23H22ClN3O2S/c1-15-14-30-23(29)27(15)11-10-22(28)26-13-18(16-6-2-4-8-20(16)24)19-12-25-21-9-5-3-7-17(19)21/h2-9,12,14,18,25H,10-11,13H2,1H3,(H,26,28). The lowest BCUT2D eigenvalue weighted by molar-refractivity contribution is -0.121. The fraction of sp³-hybridized carbons (Fsp3) is 0.217. The Morgan fingerprint density at radius 1 is 1.17 bits per heavy atom. The molecule has 2 heterocycles. The molecule has 0 aliphatic heterocycles. The van der Waals surface area contributed by atoms with E-state index in [1.807, 2.05) is 61.0 Å². The molecule has 1 atom stereocenters. The van der Waals surface area contributed by atoms with Crippen molar-refractivity contribution in [1.82, 2.24) is 14.9 Å². The zero-order chi connectivity index (χ0) is 21.1. The number of nitrogens with zero attached hydrogens (tertiary/aromatic N) is 1. The number of aromatic amines is 1. The first-order valence-corrected chi connectivity index (χ1v) is 11.0. The lowest BCUT2D eigenvalue weighted by atomic mass is 9.90. The lowest BCUT2D eigenvalue weighted by Gasteiger charge is -2.19. The third-order valence-electron chi connectivity index (χ3n) is 5.32. The number of para-hydroxylation sites is 1. The van der Waals surface area contributed by atoms with Gasteiger partial charge in [0.2, 0.25) is 5.91 Å². The summed E-state index contributed by atoms with van der Waals surface area (Å²) in [4.78, 5) is 27.7. The fourth-order valence-corrected chi connectivity index (χ4v) is 4.75. The van der Waals surface area contributed by atoms with Crippen molar-refractivity contribution in [2.24, 2.45) is 0 Å². The minimum Gasteiger partial charge on any atom is -0.361 e. The second-order valence-electron chi connectivity index (χ2n) is 7.21. The normalized spacial score (nSPS) is 12.2. The molecule has 0 aliphatic carbocycles. The van der Waals surface area contributed by atoms with Crippen molar-refractivity contribution in [2.45, 2.75) is 25.8 Å². The van der Waals surface area contributed by atoms with E-state index in [2.05, 4.69) is 16.4 Å². The molecule has 7 heteroatoms. The summed E-state index contributed by atoms with van der Waals surface area (Å²) >= 11 is 7.66. The van der Waals surface area contributed by atoms with Gasteiger partial charge in [-0.2, -0.15) is 0 Å². The topological polar surface area (TPSA) is 66.9 Å². The Kier molecular flexibility index (Phi) is 6.06. The Hall–Kier alpha value is -2.83. The smallest absolute Gasteiger partial charge is 0.307 e. The Bertz CT molecular complexity index is 1240.